The minimum absolute atomic E-state index is 0.0226. The molecule has 0 saturated heterocycles. The van der Waals surface area contributed by atoms with Crippen molar-refractivity contribution in [3.8, 4) is 0 Å². The van der Waals surface area contributed by atoms with E-state index < -0.39 is 23.7 Å². The van der Waals surface area contributed by atoms with E-state index in [-0.39, 0.29) is 18.0 Å². The molecule has 7 heteroatoms. The van der Waals surface area contributed by atoms with Crippen molar-refractivity contribution in [2.45, 2.75) is 32.2 Å². The molecule has 0 amide bonds. The van der Waals surface area contributed by atoms with Crippen LogP contribution < -0.4 is 0 Å². The Balaban J connectivity index is 1.83. The molecule has 1 atom stereocenters. The van der Waals surface area contributed by atoms with Crippen LogP contribution in [0.4, 0.5) is 0 Å². The number of esters is 1. The topological polar surface area (TPSA) is 96.0 Å². The molecule has 2 N–H and O–H groups in total. The van der Waals surface area contributed by atoms with Crippen molar-refractivity contribution in [1.29, 1.82) is 5.41 Å². The Hall–Kier alpha value is -3.22. The Morgan fingerprint density at radius 1 is 1.19 bits per heavy atom. The number of fused-ring (bicyclic) bond motifs is 1. The summed E-state index contributed by atoms with van der Waals surface area (Å²) in [5, 5.41) is 19.0. The number of nitrogens with zero attached hydrogens (tertiary/aromatic N) is 1. The number of nitrogens with one attached hydrogen (secondary N) is 1. The molecule has 7 nitrogen and oxygen atoms in total. The third-order valence-corrected chi connectivity index (χ3v) is 4.42. The van der Waals surface area contributed by atoms with E-state index in [0.29, 0.717) is 11.3 Å². The van der Waals surface area contributed by atoms with Crippen LogP contribution in [-0.2, 0) is 20.8 Å². The van der Waals surface area contributed by atoms with E-state index in [4.69, 9.17) is 19.3 Å². The lowest BCUT2D eigenvalue weighted by Gasteiger charge is -2.34. The van der Waals surface area contributed by atoms with Crippen molar-refractivity contribution in [2.24, 2.45) is 0 Å². The van der Waals surface area contributed by atoms with Crippen LogP contribution in [0.1, 0.15) is 36.8 Å². The molecule has 134 valence electrons. The lowest BCUT2D eigenvalue weighted by molar-refractivity contribution is -0.223. The van der Waals surface area contributed by atoms with Crippen LogP contribution in [0.3, 0.4) is 0 Å². The molecule has 1 unspecified atom stereocenters. The van der Waals surface area contributed by atoms with Crippen LogP contribution in [0, 0.1) is 5.41 Å². The van der Waals surface area contributed by atoms with Gasteiger partial charge in [0, 0.05) is 19.4 Å². The highest BCUT2D eigenvalue weighted by molar-refractivity contribution is 6.04. The van der Waals surface area contributed by atoms with Gasteiger partial charge in [0.15, 0.2) is 0 Å². The summed E-state index contributed by atoms with van der Waals surface area (Å²) < 4.78 is 16.1. The quantitative estimate of drug-likeness (QED) is 0.822. The van der Waals surface area contributed by atoms with Gasteiger partial charge in [-0.25, -0.2) is 4.79 Å². The summed E-state index contributed by atoms with van der Waals surface area (Å²) in [6.45, 7) is 3.35. The van der Waals surface area contributed by atoms with E-state index in [9.17, 15) is 9.90 Å². The Kier molecular flexibility index (Phi) is 3.54. The van der Waals surface area contributed by atoms with Gasteiger partial charge < -0.3 is 23.9 Å². The fraction of sp³-hybridized carbons (Fsp3) is 0.263. The summed E-state index contributed by atoms with van der Waals surface area (Å²) in [4.78, 5) is 14.3. The molecule has 0 aliphatic carbocycles. The molecular weight excluding hydrogens is 336 g/mol. The van der Waals surface area contributed by atoms with E-state index in [1.165, 1.54) is 0 Å². The first-order chi connectivity index (χ1) is 12.4. The normalized spacial score (nSPS) is 21.5. The number of benzene rings is 1. The largest absolute Gasteiger partial charge is 0.480 e. The molecule has 0 saturated carbocycles. The molecule has 0 fully saturated rings. The van der Waals surface area contributed by atoms with Crippen LogP contribution >= 0.6 is 0 Å². The molecular formula is C19H18N2O5. The van der Waals surface area contributed by atoms with Gasteiger partial charge in [-0.15, -0.1) is 0 Å². The molecule has 2 aromatic rings. The van der Waals surface area contributed by atoms with Crippen LogP contribution in [0.15, 0.2) is 58.6 Å². The van der Waals surface area contributed by atoms with Crippen LogP contribution in [0.5, 0.6) is 0 Å². The molecule has 0 spiro atoms. The van der Waals surface area contributed by atoms with Gasteiger partial charge in [0.2, 0.25) is 0 Å². The number of carbonyl (C=O) groups excluding carboxylic acids is 1. The maximum atomic E-state index is 12.6. The van der Waals surface area contributed by atoms with Gasteiger partial charge in [-0.3, -0.25) is 5.41 Å². The lowest BCUT2D eigenvalue weighted by Crippen LogP contribution is -2.41. The second-order valence-corrected chi connectivity index (χ2v) is 6.66. The van der Waals surface area contributed by atoms with Crippen molar-refractivity contribution < 1.29 is 23.8 Å². The molecule has 0 radical (unpaired) electrons. The maximum Gasteiger partial charge on any atom is 0.347 e. The van der Waals surface area contributed by atoms with Crippen LogP contribution in [-0.4, -0.2) is 27.6 Å². The van der Waals surface area contributed by atoms with Gasteiger partial charge in [-0.1, -0.05) is 24.3 Å². The number of cyclic esters (lactones) is 1. The Bertz CT molecular complexity index is 914. The van der Waals surface area contributed by atoms with Gasteiger partial charge in [0.25, 0.3) is 11.7 Å². The van der Waals surface area contributed by atoms with Gasteiger partial charge in [0.05, 0.1) is 18.8 Å². The van der Waals surface area contributed by atoms with Crippen molar-refractivity contribution in [2.75, 3.05) is 0 Å². The summed E-state index contributed by atoms with van der Waals surface area (Å²) in [7, 11) is 0. The predicted molar refractivity (Wildman–Crippen MR) is 91.2 cm³/mol. The third-order valence-electron chi connectivity index (χ3n) is 4.42. The summed E-state index contributed by atoms with van der Waals surface area (Å²) in [6.07, 6.45) is 1.55. The molecule has 1 aromatic heterocycles. The molecule has 26 heavy (non-hydrogen) atoms. The minimum atomic E-state index is -1.25. The fourth-order valence-corrected chi connectivity index (χ4v) is 3.36. The second kappa shape index (κ2) is 5.66. The number of aliphatic hydroxyl groups excluding tert-OH is 1. The first-order valence-corrected chi connectivity index (χ1v) is 8.20. The number of carbonyl (C=O) groups is 1. The summed E-state index contributed by atoms with van der Waals surface area (Å²) in [5.41, 5.74) is 1.39. The Morgan fingerprint density at radius 3 is 2.65 bits per heavy atom. The Labute approximate surface area is 149 Å². The lowest BCUT2D eigenvalue weighted by atomic mass is 9.97. The van der Waals surface area contributed by atoms with E-state index in [1.54, 1.807) is 37.1 Å². The fourth-order valence-electron chi connectivity index (χ4n) is 3.36. The van der Waals surface area contributed by atoms with Crippen LogP contribution in [0.25, 0.3) is 0 Å². The first kappa shape index (κ1) is 16.3. The van der Waals surface area contributed by atoms with Crippen molar-refractivity contribution in [3.63, 3.8) is 0 Å². The zero-order valence-corrected chi connectivity index (χ0v) is 14.4. The maximum absolute atomic E-state index is 12.6. The van der Waals surface area contributed by atoms with E-state index in [0.717, 1.165) is 5.56 Å². The summed E-state index contributed by atoms with van der Waals surface area (Å²) in [5.74, 6) is -1.52. The molecule has 2 aliphatic heterocycles. The number of aliphatic hydroxyl groups is 1. The molecule has 2 aliphatic rings. The van der Waals surface area contributed by atoms with Crippen LogP contribution in [0.2, 0.25) is 0 Å². The first-order valence-electron chi connectivity index (χ1n) is 8.20. The van der Waals surface area contributed by atoms with Gasteiger partial charge in [-0.05, 0) is 17.7 Å². The predicted octanol–water partition coefficient (Wildman–Crippen LogP) is 3.24. The summed E-state index contributed by atoms with van der Waals surface area (Å²) >= 11 is 0. The SMILES string of the molecule is CC1(C)OC(=O)C(C2c3ccccc3C(=N)N2Cc2ccco2)=C(O)O1. The van der Waals surface area contributed by atoms with Crippen molar-refractivity contribution in [1.82, 2.24) is 4.90 Å². The zero-order chi connectivity index (χ0) is 18.5. The monoisotopic (exact) mass is 354 g/mol. The Morgan fingerprint density at radius 2 is 1.96 bits per heavy atom. The zero-order valence-electron chi connectivity index (χ0n) is 14.4. The van der Waals surface area contributed by atoms with E-state index in [2.05, 4.69) is 0 Å². The number of rotatable bonds is 3. The minimum Gasteiger partial charge on any atom is -0.480 e. The van der Waals surface area contributed by atoms with E-state index >= 15 is 0 Å². The van der Waals surface area contributed by atoms with Gasteiger partial charge >= 0.3 is 5.97 Å². The molecule has 4 rings (SSSR count). The number of hydrogen-bond acceptors (Lipinski definition) is 6. The van der Waals surface area contributed by atoms with Crippen molar-refractivity contribution >= 4 is 11.8 Å². The molecule has 3 heterocycles. The van der Waals surface area contributed by atoms with Gasteiger partial charge in [-0.2, -0.15) is 0 Å². The second-order valence-electron chi connectivity index (χ2n) is 6.66. The third kappa shape index (κ3) is 2.52. The van der Waals surface area contributed by atoms with Crippen molar-refractivity contribution in [3.05, 3.63) is 71.1 Å². The standard InChI is InChI=1S/C19H18N2O5/c1-19(2)25-17(22)14(18(23)26-19)15-12-7-3-4-8-13(12)16(20)21(15)10-11-6-5-9-24-11/h3-9,15,20,22H,10H2,1-2H3. The highest BCUT2D eigenvalue weighted by atomic mass is 16.8. The number of furan rings is 1. The summed E-state index contributed by atoms with van der Waals surface area (Å²) in [6, 6.07) is 10.1. The van der Waals surface area contributed by atoms with E-state index in [1.807, 2.05) is 24.3 Å². The smallest absolute Gasteiger partial charge is 0.347 e. The highest BCUT2D eigenvalue weighted by Gasteiger charge is 2.46. The average Bonchev–Trinajstić information content (AvgIpc) is 3.16. The highest BCUT2D eigenvalue weighted by Crippen LogP contribution is 2.43. The number of ether oxygens (including phenoxy) is 2. The molecule has 1 aromatic carbocycles. The van der Waals surface area contributed by atoms with Gasteiger partial charge in [0.1, 0.15) is 17.2 Å². The number of hydrogen-bond donors (Lipinski definition) is 2. The number of amidine groups is 1. The average molecular weight is 354 g/mol. The molecule has 0 bridgehead atoms.